The number of carbonyl (C=O) groups is 3. The first-order valence-electron chi connectivity index (χ1n) is 34.4. The number of hydrogen-bond donors (Lipinski definition) is 0. The highest BCUT2D eigenvalue weighted by Crippen LogP contribution is 2.17. The highest BCUT2D eigenvalue weighted by molar-refractivity contribution is 5.71. The van der Waals surface area contributed by atoms with Crippen molar-refractivity contribution in [2.45, 2.75) is 335 Å². The molecule has 0 amide bonds. The summed E-state index contributed by atoms with van der Waals surface area (Å²) in [5.41, 5.74) is 0. The molecule has 0 saturated carbocycles. The van der Waals surface area contributed by atoms with Crippen molar-refractivity contribution in [2.75, 3.05) is 13.2 Å². The molecule has 0 aromatic rings. The van der Waals surface area contributed by atoms with Crippen molar-refractivity contribution in [1.29, 1.82) is 0 Å². The van der Waals surface area contributed by atoms with Gasteiger partial charge in [0, 0.05) is 19.3 Å². The molecule has 0 spiro atoms. The number of unbranched alkanes of at least 4 members (excludes halogenated alkanes) is 33. The van der Waals surface area contributed by atoms with E-state index in [0.29, 0.717) is 19.3 Å². The quantitative estimate of drug-likeness (QED) is 0.0261. The van der Waals surface area contributed by atoms with Gasteiger partial charge in [0.15, 0.2) is 6.10 Å². The van der Waals surface area contributed by atoms with E-state index in [-0.39, 0.29) is 31.1 Å². The van der Waals surface area contributed by atoms with Crippen LogP contribution in [0.2, 0.25) is 0 Å². The van der Waals surface area contributed by atoms with E-state index in [1.165, 1.54) is 167 Å². The average Bonchev–Trinajstić information content (AvgIpc) is 3.47. The molecular weight excluding hydrogens is 997 g/mol. The van der Waals surface area contributed by atoms with Gasteiger partial charge in [0.05, 0.1) is 0 Å². The number of carbonyl (C=O) groups excluding carboxylic acids is 3. The Bertz CT molecular complexity index is 1620. The van der Waals surface area contributed by atoms with Crippen molar-refractivity contribution in [3.8, 4) is 0 Å². The molecule has 0 rings (SSSR count). The molecule has 6 nitrogen and oxygen atoms in total. The number of ether oxygens (including phenoxy) is 3. The highest BCUT2D eigenvalue weighted by Gasteiger charge is 2.19. The normalized spacial score (nSPS) is 12.8. The molecule has 0 saturated heterocycles. The summed E-state index contributed by atoms with van der Waals surface area (Å²) in [5, 5.41) is 0. The summed E-state index contributed by atoms with van der Waals surface area (Å²) >= 11 is 0. The lowest BCUT2D eigenvalue weighted by atomic mass is 10.0. The van der Waals surface area contributed by atoms with Crippen LogP contribution in [-0.2, 0) is 28.6 Å². The molecule has 0 fully saturated rings. The zero-order valence-corrected chi connectivity index (χ0v) is 53.3. The predicted octanol–water partition coefficient (Wildman–Crippen LogP) is 23.8. The molecule has 0 aromatic carbocycles. The highest BCUT2D eigenvalue weighted by atomic mass is 16.6. The maximum absolute atomic E-state index is 12.9. The molecule has 6 heteroatoms. The zero-order chi connectivity index (χ0) is 58.5. The van der Waals surface area contributed by atoms with Gasteiger partial charge in [-0.3, -0.25) is 14.4 Å². The van der Waals surface area contributed by atoms with E-state index >= 15 is 0 Å². The molecule has 464 valence electrons. The molecule has 0 aliphatic heterocycles. The number of hydrogen-bond acceptors (Lipinski definition) is 6. The second-order valence-corrected chi connectivity index (χ2v) is 22.7. The van der Waals surface area contributed by atoms with Gasteiger partial charge in [-0.25, -0.2) is 0 Å². The van der Waals surface area contributed by atoms with Crippen LogP contribution in [0.5, 0.6) is 0 Å². The van der Waals surface area contributed by atoms with Crippen LogP contribution < -0.4 is 0 Å². The van der Waals surface area contributed by atoms with Gasteiger partial charge in [-0.15, -0.1) is 0 Å². The summed E-state index contributed by atoms with van der Waals surface area (Å²) in [6, 6.07) is 0. The van der Waals surface area contributed by atoms with Crippen LogP contribution in [0.3, 0.4) is 0 Å². The average molecular weight is 1130 g/mol. The van der Waals surface area contributed by atoms with Crippen LogP contribution in [0.15, 0.2) is 109 Å². The fraction of sp³-hybridized carbons (Fsp3) is 0.720. The largest absolute Gasteiger partial charge is 0.462 e. The molecule has 1 unspecified atom stereocenters. The van der Waals surface area contributed by atoms with Crippen molar-refractivity contribution in [3.63, 3.8) is 0 Å². The smallest absolute Gasteiger partial charge is 0.306 e. The minimum absolute atomic E-state index is 0.0823. The predicted molar refractivity (Wildman–Crippen MR) is 353 cm³/mol. The van der Waals surface area contributed by atoms with E-state index in [1.807, 2.05) is 0 Å². The van der Waals surface area contributed by atoms with Gasteiger partial charge >= 0.3 is 17.9 Å². The Labute approximate surface area is 501 Å². The maximum Gasteiger partial charge on any atom is 0.306 e. The topological polar surface area (TPSA) is 78.9 Å². The third-order valence-electron chi connectivity index (χ3n) is 14.8. The first-order chi connectivity index (χ1) is 40.0. The Balaban J connectivity index is 4.36. The Hall–Kier alpha value is -3.93. The summed E-state index contributed by atoms with van der Waals surface area (Å²) < 4.78 is 17.0. The van der Waals surface area contributed by atoms with Crippen LogP contribution in [0.4, 0.5) is 0 Å². The fourth-order valence-corrected chi connectivity index (χ4v) is 9.63. The van der Waals surface area contributed by atoms with E-state index in [1.54, 1.807) is 0 Å². The molecular formula is C75H128O6. The molecule has 0 aliphatic rings. The minimum Gasteiger partial charge on any atom is -0.462 e. The van der Waals surface area contributed by atoms with Gasteiger partial charge < -0.3 is 14.2 Å². The van der Waals surface area contributed by atoms with Crippen LogP contribution in [0.1, 0.15) is 329 Å². The third kappa shape index (κ3) is 66.8. The standard InChI is InChI=1S/C75H128O6/c1-4-7-10-13-16-19-22-25-28-31-32-33-34-35-36-37-38-39-40-41-42-45-47-50-53-56-59-62-65-68-74(77)80-71-72(81-75(78)69-66-63-60-57-54-51-48-44-30-27-24-21-18-15-12-9-6-3)70-79-73(76)67-64-61-58-55-52-49-46-43-29-26-23-20-17-14-11-8-5-2/h7,10,16,18-19,21,25,27-28,30,32-33,35-36,38-39,41-42,72H,4-6,8-9,11-15,17,20,22-24,26,29,31,34,37,40,43-71H2,1-3H3/b10-7-,19-16-,21-18-,28-25-,30-27-,33-32-,36-35-,39-38-,42-41-. The van der Waals surface area contributed by atoms with E-state index < -0.39 is 6.10 Å². The molecule has 0 aromatic heterocycles. The second-order valence-electron chi connectivity index (χ2n) is 22.7. The molecule has 0 aliphatic carbocycles. The Kier molecular flexibility index (Phi) is 65.2. The van der Waals surface area contributed by atoms with Gasteiger partial charge in [-0.2, -0.15) is 0 Å². The van der Waals surface area contributed by atoms with Crippen LogP contribution >= 0.6 is 0 Å². The fourth-order valence-electron chi connectivity index (χ4n) is 9.63. The first kappa shape index (κ1) is 77.1. The number of rotatable bonds is 62. The van der Waals surface area contributed by atoms with Gasteiger partial charge in [-0.05, 0) is 109 Å². The Morgan fingerprint density at radius 3 is 0.778 bits per heavy atom. The zero-order valence-electron chi connectivity index (χ0n) is 53.3. The maximum atomic E-state index is 12.9. The second kappa shape index (κ2) is 68.6. The van der Waals surface area contributed by atoms with Gasteiger partial charge in [-0.1, -0.05) is 310 Å². The summed E-state index contributed by atoms with van der Waals surface area (Å²) in [7, 11) is 0. The van der Waals surface area contributed by atoms with Crippen LogP contribution in [0.25, 0.3) is 0 Å². The van der Waals surface area contributed by atoms with E-state index in [2.05, 4.69) is 130 Å². The van der Waals surface area contributed by atoms with Crippen molar-refractivity contribution in [1.82, 2.24) is 0 Å². The monoisotopic (exact) mass is 1120 g/mol. The summed E-state index contributed by atoms with van der Waals surface area (Å²) in [6.07, 6.45) is 93.8. The molecule has 0 heterocycles. The molecule has 81 heavy (non-hydrogen) atoms. The molecule has 0 N–H and O–H groups in total. The van der Waals surface area contributed by atoms with Gasteiger partial charge in [0.25, 0.3) is 0 Å². The van der Waals surface area contributed by atoms with E-state index in [9.17, 15) is 14.4 Å². The van der Waals surface area contributed by atoms with Gasteiger partial charge in [0.2, 0.25) is 0 Å². The van der Waals surface area contributed by atoms with Crippen LogP contribution in [-0.4, -0.2) is 37.2 Å². The number of allylic oxidation sites excluding steroid dienone is 18. The Morgan fingerprint density at radius 2 is 0.481 bits per heavy atom. The first-order valence-corrected chi connectivity index (χ1v) is 34.4. The SMILES string of the molecule is CC/C=C\C/C=C\C/C=C\C/C=C\C/C=C\C/C=C\C/C=C\CCCCCCCCCC(=O)OCC(COC(=O)CCCCCCCCCCCCCCCCCCC)OC(=O)CCCCCCCCC/C=C\C/C=C\CCCCC. The molecule has 1 atom stereocenters. The lowest BCUT2D eigenvalue weighted by molar-refractivity contribution is -0.167. The summed E-state index contributed by atoms with van der Waals surface area (Å²) in [6.45, 7) is 6.52. The van der Waals surface area contributed by atoms with Crippen LogP contribution in [0, 0.1) is 0 Å². The summed E-state index contributed by atoms with van der Waals surface area (Å²) in [4.78, 5) is 38.4. The van der Waals surface area contributed by atoms with E-state index in [0.717, 1.165) is 122 Å². The molecule has 0 bridgehead atoms. The number of esters is 3. The van der Waals surface area contributed by atoms with Crippen molar-refractivity contribution in [3.05, 3.63) is 109 Å². The molecule has 0 radical (unpaired) electrons. The summed E-state index contributed by atoms with van der Waals surface area (Å²) in [5.74, 6) is -0.888. The van der Waals surface area contributed by atoms with E-state index in [4.69, 9.17) is 14.2 Å². The Morgan fingerprint density at radius 1 is 0.259 bits per heavy atom. The van der Waals surface area contributed by atoms with Crippen molar-refractivity contribution < 1.29 is 28.6 Å². The minimum atomic E-state index is -0.789. The van der Waals surface area contributed by atoms with Crippen molar-refractivity contribution >= 4 is 17.9 Å². The lowest BCUT2D eigenvalue weighted by Crippen LogP contribution is -2.30. The van der Waals surface area contributed by atoms with Crippen molar-refractivity contribution in [2.24, 2.45) is 0 Å². The third-order valence-corrected chi connectivity index (χ3v) is 14.8. The van der Waals surface area contributed by atoms with Gasteiger partial charge in [0.1, 0.15) is 13.2 Å². The lowest BCUT2D eigenvalue weighted by Gasteiger charge is -2.18.